The molecule has 0 aliphatic carbocycles. The number of aryl methyl sites for hydroxylation is 1. The molecule has 0 saturated heterocycles. The fourth-order valence-corrected chi connectivity index (χ4v) is 1.27. The maximum absolute atomic E-state index is 10.9. The van der Waals surface area contributed by atoms with Gasteiger partial charge in [-0.05, 0) is 18.1 Å². The van der Waals surface area contributed by atoms with Crippen molar-refractivity contribution in [3.05, 3.63) is 52.1 Å². The third-order valence-electron chi connectivity index (χ3n) is 2.14. The Morgan fingerprint density at radius 1 is 1.41 bits per heavy atom. The average Bonchev–Trinajstić information content (AvgIpc) is 2.32. The lowest BCUT2D eigenvalue weighted by molar-refractivity contribution is 0.913. The minimum atomic E-state index is -0.513. The van der Waals surface area contributed by atoms with E-state index < -0.39 is 5.69 Å². The summed E-state index contributed by atoms with van der Waals surface area (Å²) in [6, 6.07) is 7.84. The molecule has 86 valence electrons. The van der Waals surface area contributed by atoms with Crippen LogP contribution in [0, 0.1) is 6.92 Å². The van der Waals surface area contributed by atoms with Crippen molar-refractivity contribution >= 4 is 12.0 Å². The second kappa shape index (κ2) is 5.02. The van der Waals surface area contributed by atoms with Crippen molar-refractivity contribution in [2.24, 2.45) is 5.10 Å². The van der Waals surface area contributed by atoms with Gasteiger partial charge in [-0.25, -0.2) is 9.89 Å². The summed E-state index contributed by atoms with van der Waals surface area (Å²) in [5, 5.41) is 9.75. The molecule has 2 N–H and O–H groups in total. The van der Waals surface area contributed by atoms with E-state index in [1.54, 1.807) is 6.21 Å². The van der Waals surface area contributed by atoms with E-state index in [-0.39, 0.29) is 0 Å². The molecule has 1 heterocycles. The molecule has 1 aromatic carbocycles. The highest BCUT2D eigenvalue weighted by molar-refractivity contribution is 5.81. The molecular weight excluding hydrogens is 218 g/mol. The van der Waals surface area contributed by atoms with Crippen LogP contribution in [0.25, 0.3) is 0 Å². The number of H-pyrrole nitrogens is 1. The molecule has 0 unspecified atom stereocenters. The Morgan fingerprint density at radius 3 is 3.00 bits per heavy atom. The topological polar surface area (TPSA) is 83.0 Å². The first-order chi connectivity index (χ1) is 8.25. The van der Waals surface area contributed by atoms with Crippen molar-refractivity contribution in [2.75, 3.05) is 5.43 Å². The fraction of sp³-hybridized carbons (Fsp3) is 0.0909. The number of nitrogens with one attached hydrogen (secondary N) is 2. The van der Waals surface area contributed by atoms with Gasteiger partial charge >= 0.3 is 5.69 Å². The molecule has 0 bridgehead atoms. The Hall–Kier alpha value is -2.50. The molecule has 0 fully saturated rings. The van der Waals surface area contributed by atoms with Gasteiger partial charge in [-0.3, -0.25) is 5.43 Å². The van der Waals surface area contributed by atoms with E-state index in [4.69, 9.17) is 0 Å². The maximum atomic E-state index is 10.9. The minimum absolute atomic E-state index is 0.304. The van der Waals surface area contributed by atoms with Crippen LogP contribution in [0.15, 0.2) is 40.4 Å². The summed E-state index contributed by atoms with van der Waals surface area (Å²) in [7, 11) is 0. The number of rotatable bonds is 3. The molecule has 2 aromatic rings. The lowest BCUT2D eigenvalue weighted by atomic mass is 10.1. The Kier molecular flexibility index (Phi) is 3.25. The summed E-state index contributed by atoms with van der Waals surface area (Å²) in [4.78, 5) is 14.5. The Balaban J connectivity index is 2.08. The number of anilines is 1. The number of aromatic amines is 1. The largest absolute Gasteiger partial charge is 0.363 e. The summed E-state index contributed by atoms with van der Waals surface area (Å²) in [6.45, 7) is 1.99. The SMILES string of the molecule is Cc1ccccc1/C=N/Nc1cn[nH]c(=O)n1. The van der Waals surface area contributed by atoms with Crippen LogP contribution in [0.2, 0.25) is 0 Å². The number of aromatic nitrogens is 3. The lowest BCUT2D eigenvalue weighted by Gasteiger charge is -1.99. The van der Waals surface area contributed by atoms with Crippen LogP contribution < -0.4 is 11.1 Å². The van der Waals surface area contributed by atoms with Crippen molar-refractivity contribution < 1.29 is 0 Å². The van der Waals surface area contributed by atoms with E-state index >= 15 is 0 Å². The van der Waals surface area contributed by atoms with Gasteiger partial charge < -0.3 is 0 Å². The molecule has 2 rings (SSSR count). The standard InChI is InChI=1S/C11H11N5O/c1-8-4-2-3-5-9(8)6-12-15-10-7-13-16-11(17)14-10/h2-7H,1H3,(H2,14,15,16,17)/b12-6+. The van der Waals surface area contributed by atoms with E-state index in [2.05, 4.69) is 25.7 Å². The molecular formula is C11H11N5O. The van der Waals surface area contributed by atoms with Crippen LogP contribution in [0.3, 0.4) is 0 Å². The van der Waals surface area contributed by atoms with Gasteiger partial charge in [-0.1, -0.05) is 24.3 Å². The van der Waals surface area contributed by atoms with Crippen molar-refractivity contribution in [1.29, 1.82) is 0 Å². The van der Waals surface area contributed by atoms with Gasteiger partial charge in [0.15, 0.2) is 5.82 Å². The molecule has 6 nitrogen and oxygen atoms in total. The molecule has 0 atom stereocenters. The smallest absolute Gasteiger partial charge is 0.260 e. The number of hydrogen-bond acceptors (Lipinski definition) is 5. The first kappa shape index (κ1) is 11.0. The monoisotopic (exact) mass is 229 g/mol. The molecule has 0 aliphatic heterocycles. The molecule has 1 aromatic heterocycles. The zero-order valence-corrected chi connectivity index (χ0v) is 9.21. The van der Waals surface area contributed by atoms with Crippen LogP contribution in [-0.4, -0.2) is 21.4 Å². The van der Waals surface area contributed by atoms with Crippen molar-refractivity contribution in [3.8, 4) is 0 Å². The third-order valence-corrected chi connectivity index (χ3v) is 2.14. The van der Waals surface area contributed by atoms with E-state index in [9.17, 15) is 4.79 Å². The molecule has 17 heavy (non-hydrogen) atoms. The Morgan fingerprint density at radius 2 is 2.24 bits per heavy atom. The highest BCUT2D eigenvalue weighted by Crippen LogP contribution is 2.03. The Labute approximate surface area is 97.4 Å². The summed E-state index contributed by atoms with van der Waals surface area (Å²) < 4.78 is 0. The fourth-order valence-electron chi connectivity index (χ4n) is 1.27. The van der Waals surface area contributed by atoms with E-state index in [1.165, 1.54) is 6.20 Å². The molecule has 0 saturated carbocycles. The zero-order chi connectivity index (χ0) is 12.1. The number of benzene rings is 1. The second-order valence-corrected chi connectivity index (χ2v) is 3.40. The predicted molar refractivity (Wildman–Crippen MR) is 65.0 cm³/mol. The van der Waals surface area contributed by atoms with Crippen LogP contribution in [0.1, 0.15) is 11.1 Å². The quantitative estimate of drug-likeness (QED) is 0.605. The lowest BCUT2D eigenvalue weighted by Crippen LogP contribution is -2.13. The third kappa shape index (κ3) is 2.97. The number of hydrogen-bond donors (Lipinski definition) is 2. The van der Waals surface area contributed by atoms with Gasteiger partial charge in [0, 0.05) is 0 Å². The van der Waals surface area contributed by atoms with Crippen LogP contribution in [0.4, 0.5) is 5.82 Å². The highest BCUT2D eigenvalue weighted by atomic mass is 16.1. The second-order valence-electron chi connectivity index (χ2n) is 3.40. The number of nitrogens with zero attached hydrogens (tertiary/aromatic N) is 3. The summed E-state index contributed by atoms with van der Waals surface area (Å²) in [5.74, 6) is 0.304. The molecule has 0 spiro atoms. The maximum Gasteiger partial charge on any atom is 0.363 e. The van der Waals surface area contributed by atoms with Gasteiger partial charge in [-0.15, -0.1) is 0 Å². The molecule has 0 amide bonds. The van der Waals surface area contributed by atoms with Crippen LogP contribution in [0.5, 0.6) is 0 Å². The minimum Gasteiger partial charge on any atom is -0.260 e. The normalized spacial score (nSPS) is 10.6. The Bertz CT molecular complexity index is 590. The molecule has 6 heteroatoms. The first-order valence-electron chi connectivity index (χ1n) is 5.02. The van der Waals surface area contributed by atoms with E-state index in [1.807, 2.05) is 31.2 Å². The summed E-state index contributed by atoms with van der Waals surface area (Å²) in [5.41, 5.74) is 4.24. The summed E-state index contributed by atoms with van der Waals surface area (Å²) >= 11 is 0. The van der Waals surface area contributed by atoms with Crippen molar-refractivity contribution in [3.63, 3.8) is 0 Å². The van der Waals surface area contributed by atoms with E-state index in [0.717, 1.165) is 11.1 Å². The molecule has 0 aliphatic rings. The van der Waals surface area contributed by atoms with Crippen molar-refractivity contribution in [1.82, 2.24) is 15.2 Å². The van der Waals surface area contributed by atoms with Crippen LogP contribution >= 0.6 is 0 Å². The van der Waals surface area contributed by atoms with Crippen molar-refractivity contribution in [2.45, 2.75) is 6.92 Å². The van der Waals surface area contributed by atoms with Gasteiger partial charge in [0.25, 0.3) is 0 Å². The van der Waals surface area contributed by atoms with Gasteiger partial charge in [-0.2, -0.15) is 15.2 Å². The van der Waals surface area contributed by atoms with Gasteiger partial charge in [0.2, 0.25) is 0 Å². The predicted octanol–water partition coefficient (Wildman–Crippen LogP) is 0.919. The average molecular weight is 229 g/mol. The van der Waals surface area contributed by atoms with Gasteiger partial charge in [0.1, 0.15) is 0 Å². The zero-order valence-electron chi connectivity index (χ0n) is 9.21. The van der Waals surface area contributed by atoms with E-state index in [0.29, 0.717) is 5.82 Å². The van der Waals surface area contributed by atoms with Gasteiger partial charge in [0.05, 0.1) is 12.4 Å². The molecule has 0 radical (unpaired) electrons. The highest BCUT2D eigenvalue weighted by Gasteiger charge is 1.93. The number of hydrazone groups is 1. The van der Waals surface area contributed by atoms with Crippen LogP contribution in [-0.2, 0) is 0 Å². The first-order valence-corrected chi connectivity index (χ1v) is 5.02. The summed E-state index contributed by atoms with van der Waals surface area (Å²) in [6.07, 6.45) is 3.05.